The van der Waals surface area contributed by atoms with E-state index in [9.17, 15) is 13.2 Å². The maximum absolute atomic E-state index is 13.4. The summed E-state index contributed by atoms with van der Waals surface area (Å²) >= 11 is 9.96. The first-order valence-electron chi connectivity index (χ1n) is 7.40. The van der Waals surface area contributed by atoms with Crippen LogP contribution in [0.2, 0.25) is 5.02 Å². The van der Waals surface area contributed by atoms with Gasteiger partial charge in [0.05, 0.1) is 27.4 Å². The number of halogens is 5. The molecule has 0 amide bonds. The Balaban J connectivity index is 1.66. The van der Waals surface area contributed by atoms with Gasteiger partial charge in [0.25, 0.3) is 5.19 Å². The Hall–Kier alpha value is -1.13. The van der Waals surface area contributed by atoms with E-state index in [1.807, 2.05) is 4.90 Å². The van der Waals surface area contributed by atoms with E-state index in [-0.39, 0.29) is 5.19 Å². The lowest BCUT2D eigenvalue weighted by molar-refractivity contribution is -0.211. The molecule has 2 aromatic rings. The maximum Gasteiger partial charge on any atom is 0.425 e. The number of piperidine rings is 1. The van der Waals surface area contributed by atoms with Crippen LogP contribution >= 0.6 is 38.9 Å². The molecule has 0 aromatic carbocycles. The van der Waals surface area contributed by atoms with Crippen molar-refractivity contribution in [2.45, 2.75) is 25.1 Å². The lowest BCUT2D eigenvalue weighted by atomic mass is 9.91. The molecule has 25 heavy (non-hydrogen) atoms. The summed E-state index contributed by atoms with van der Waals surface area (Å²) in [6.07, 6.45) is -1.32. The quantitative estimate of drug-likeness (QED) is 0.673. The van der Waals surface area contributed by atoms with Gasteiger partial charge in [-0.25, -0.2) is 15.0 Å². The zero-order valence-corrected chi connectivity index (χ0v) is 15.9. The molecule has 0 saturated carbocycles. The third kappa shape index (κ3) is 4.73. The lowest BCUT2D eigenvalue weighted by Gasteiger charge is -2.36. The number of aromatic nitrogens is 3. The second-order valence-electron chi connectivity index (χ2n) is 5.54. The second kappa shape index (κ2) is 7.63. The Kier molecular flexibility index (Phi) is 5.69. The van der Waals surface area contributed by atoms with Gasteiger partial charge in [-0.1, -0.05) is 22.9 Å². The van der Waals surface area contributed by atoms with Crippen LogP contribution in [0.5, 0.6) is 5.19 Å². The number of rotatable bonds is 4. The summed E-state index contributed by atoms with van der Waals surface area (Å²) in [6, 6.07) is 0. The van der Waals surface area contributed by atoms with E-state index in [2.05, 4.69) is 30.9 Å². The van der Waals surface area contributed by atoms with Gasteiger partial charge in [0, 0.05) is 19.0 Å². The van der Waals surface area contributed by atoms with Gasteiger partial charge < -0.3 is 9.64 Å². The predicted molar refractivity (Wildman–Crippen MR) is 92.3 cm³/mol. The van der Waals surface area contributed by atoms with Crippen LogP contribution in [0.4, 0.5) is 19.1 Å². The number of nitrogens with zero attached hydrogens (tertiary/aromatic N) is 4. The van der Waals surface area contributed by atoms with Crippen LogP contribution in [-0.4, -0.2) is 40.3 Å². The first kappa shape index (κ1) is 18.7. The van der Waals surface area contributed by atoms with E-state index in [0.29, 0.717) is 40.7 Å². The number of ether oxygens (including phenoxy) is 1. The predicted octanol–water partition coefficient (Wildman–Crippen LogP) is 4.58. The van der Waals surface area contributed by atoms with E-state index < -0.39 is 18.2 Å². The van der Waals surface area contributed by atoms with Crippen LogP contribution in [-0.2, 0) is 0 Å². The Morgan fingerprint density at radius 2 is 1.84 bits per heavy atom. The summed E-state index contributed by atoms with van der Waals surface area (Å²) in [7, 11) is 0. The molecule has 1 aliphatic rings. The highest BCUT2D eigenvalue weighted by molar-refractivity contribution is 9.11. The Morgan fingerprint density at radius 1 is 1.20 bits per heavy atom. The number of hydrogen-bond acceptors (Lipinski definition) is 6. The van der Waals surface area contributed by atoms with Crippen LogP contribution in [0.3, 0.4) is 0 Å². The van der Waals surface area contributed by atoms with Crippen molar-refractivity contribution in [3.63, 3.8) is 0 Å². The van der Waals surface area contributed by atoms with Crippen LogP contribution in [0.15, 0.2) is 22.4 Å². The molecular formula is C14H13BrClF3N4OS. The van der Waals surface area contributed by atoms with Gasteiger partial charge >= 0.3 is 6.18 Å². The smallest absolute Gasteiger partial charge is 0.425 e. The van der Waals surface area contributed by atoms with Crippen molar-refractivity contribution in [2.24, 2.45) is 5.92 Å². The molecule has 3 heterocycles. The van der Waals surface area contributed by atoms with Gasteiger partial charge in [-0.2, -0.15) is 13.2 Å². The molecule has 2 aromatic heterocycles. The standard InChI is InChI=1S/C14H13BrClF3N4OS/c15-10-7-22-13(25-10)24-11(14(17,18)19)8-1-3-23(4-2-8)12-20-5-9(16)6-21-12/h5-8,11H,1-4H2. The fourth-order valence-corrected chi connectivity index (χ4v) is 3.85. The second-order valence-corrected chi connectivity index (χ2v) is 8.34. The molecule has 3 rings (SSSR count). The van der Waals surface area contributed by atoms with Gasteiger partial charge in [0.15, 0.2) is 6.10 Å². The van der Waals surface area contributed by atoms with E-state index in [0.717, 1.165) is 11.3 Å². The van der Waals surface area contributed by atoms with Crippen molar-refractivity contribution in [1.29, 1.82) is 0 Å². The molecule has 0 radical (unpaired) electrons. The van der Waals surface area contributed by atoms with Crippen LogP contribution in [0, 0.1) is 5.92 Å². The SMILES string of the molecule is FC(F)(F)C(Oc1ncc(Br)s1)C1CCN(c2ncc(Cl)cn2)CC1. The van der Waals surface area contributed by atoms with Crippen molar-refractivity contribution >= 4 is 44.8 Å². The molecule has 0 bridgehead atoms. The number of hydrogen-bond donors (Lipinski definition) is 0. The minimum Gasteiger partial charge on any atom is -0.457 e. The molecule has 1 unspecified atom stereocenters. The molecule has 0 aliphatic carbocycles. The molecule has 1 fully saturated rings. The van der Waals surface area contributed by atoms with Crippen LogP contribution in [0.1, 0.15) is 12.8 Å². The molecule has 0 spiro atoms. The molecule has 0 N–H and O–H groups in total. The summed E-state index contributed by atoms with van der Waals surface area (Å²) in [4.78, 5) is 13.9. The van der Waals surface area contributed by atoms with Gasteiger partial charge in [-0.05, 0) is 28.8 Å². The number of alkyl halides is 3. The molecular weight excluding hydrogens is 445 g/mol. The highest BCUT2D eigenvalue weighted by Gasteiger charge is 2.48. The zero-order valence-electron chi connectivity index (χ0n) is 12.7. The summed E-state index contributed by atoms with van der Waals surface area (Å²) < 4.78 is 46.2. The molecule has 11 heteroatoms. The van der Waals surface area contributed by atoms with E-state index in [1.54, 1.807) is 0 Å². The molecule has 5 nitrogen and oxygen atoms in total. The summed E-state index contributed by atoms with van der Waals surface area (Å²) in [5, 5.41) is 0.427. The van der Waals surface area contributed by atoms with E-state index >= 15 is 0 Å². The minimum atomic E-state index is -4.46. The van der Waals surface area contributed by atoms with Crippen molar-refractivity contribution in [3.05, 3.63) is 27.4 Å². The van der Waals surface area contributed by atoms with Crippen molar-refractivity contribution in [3.8, 4) is 5.19 Å². The highest BCUT2D eigenvalue weighted by atomic mass is 79.9. The third-order valence-corrected chi connectivity index (χ3v) is 5.43. The topological polar surface area (TPSA) is 51.1 Å². The van der Waals surface area contributed by atoms with Crippen LogP contribution in [0.25, 0.3) is 0 Å². The number of anilines is 1. The Bertz CT molecular complexity index is 707. The first-order valence-corrected chi connectivity index (χ1v) is 9.39. The zero-order chi connectivity index (χ0) is 18.0. The minimum absolute atomic E-state index is 0.0117. The number of thiazole rings is 1. The van der Waals surface area contributed by atoms with E-state index in [1.165, 1.54) is 18.6 Å². The van der Waals surface area contributed by atoms with Crippen molar-refractivity contribution in [2.75, 3.05) is 18.0 Å². The summed E-state index contributed by atoms with van der Waals surface area (Å²) in [6.45, 7) is 0.841. The lowest BCUT2D eigenvalue weighted by Crippen LogP contribution is -2.46. The van der Waals surface area contributed by atoms with E-state index in [4.69, 9.17) is 16.3 Å². The molecule has 136 valence electrons. The molecule has 1 aliphatic heterocycles. The Labute approximate surface area is 159 Å². The monoisotopic (exact) mass is 456 g/mol. The fourth-order valence-electron chi connectivity index (χ4n) is 2.70. The largest absolute Gasteiger partial charge is 0.457 e. The molecule has 1 atom stereocenters. The van der Waals surface area contributed by atoms with Crippen molar-refractivity contribution in [1.82, 2.24) is 15.0 Å². The van der Waals surface area contributed by atoms with Gasteiger partial charge in [0.1, 0.15) is 0 Å². The van der Waals surface area contributed by atoms with Gasteiger partial charge in [-0.3, -0.25) is 0 Å². The average molecular weight is 458 g/mol. The highest BCUT2D eigenvalue weighted by Crippen LogP contribution is 2.37. The fraction of sp³-hybridized carbons (Fsp3) is 0.500. The average Bonchev–Trinajstić information content (AvgIpc) is 2.98. The first-order chi connectivity index (χ1) is 11.8. The van der Waals surface area contributed by atoms with Crippen LogP contribution < -0.4 is 9.64 Å². The molecule has 1 saturated heterocycles. The third-order valence-electron chi connectivity index (χ3n) is 3.86. The van der Waals surface area contributed by atoms with Gasteiger partial charge in [0.2, 0.25) is 5.95 Å². The summed E-state index contributed by atoms with van der Waals surface area (Å²) in [5.41, 5.74) is 0. The normalized spacial score (nSPS) is 17.6. The Morgan fingerprint density at radius 3 is 2.36 bits per heavy atom. The maximum atomic E-state index is 13.4. The van der Waals surface area contributed by atoms with Crippen molar-refractivity contribution < 1.29 is 17.9 Å². The van der Waals surface area contributed by atoms with Gasteiger partial charge in [-0.15, -0.1) is 0 Å². The summed E-state index contributed by atoms with van der Waals surface area (Å²) in [5.74, 6) is -0.178.